The standard InChI is InChI=1S/C33H37F3N2O3/c1-23(2)41-30(39)21-32(3,25-9-5-4-6-10-25)22-38-19-17-27(18-20-38)37-31(40)29-12-8-7-11-28(29)24-13-15-26(16-14-24)33(34,35)36/h4-16,23,27H,17-22H2,1-3H3,(H,37,40). The van der Waals surface area contributed by atoms with Crippen molar-refractivity contribution < 1.29 is 27.5 Å². The number of hydrogen-bond donors (Lipinski definition) is 1. The van der Waals surface area contributed by atoms with Crippen LogP contribution in [0.25, 0.3) is 11.1 Å². The number of ether oxygens (including phenoxy) is 1. The molecule has 3 aromatic carbocycles. The Bertz CT molecular complexity index is 1320. The second-order valence-electron chi connectivity index (χ2n) is 11.3. The van der Waals surface area contributed by atoms with Gasteiger partial charge in [0.25, 0.3) is 5.91 Å². The topological polar surface area (TPSA) is 58.6 Å². The first-order chi connectivity index (χ1) is 19.4. The first-order valence-electron chi connectivity index (χ1n) is 14.0. The van der Waals surface area contributed by atoms with Gasteiger partial charge in [0, 0.05) is 36.7 Å². The van der Waals surface area contributed by atoms with E-state index >= 15 is 0 Å². The van der Waals surface area contributed by atoms with E-state index in [2.05, 4.69) is 17.1 Å². The van der Waals surface area contributed by atoms with Gasteiger partial charge in [0.05, 0.1) is 18.1 Å². The summed E-state index contributed by atoms with van der Waals surface area (Å²) in [6, 6.07) is 21.8. The Morgan fingerprint density at radius 1 is 0.902 bits per heavy atom. The molecule has 0 aliphatic carbocycles. The van der Waals surface area contributed by atoms with E-state index in [1.165, 1.54) is 12.1 Å². The molecule has 1 N–H and O–H groups in total. The highest BCUT2D eigenvalue weighted by molar-refractivity contribution is 6.01. The van der Waals surface area contributed by atoms with Crippen molar-refractivity contribution in [2.45, 2.75) is 63.8 Å². The zero-order valence-electron chi connectivity index (χ0n) is 23.7. The van der Waals surface area contributed by atoms with Crippen molar-refractivity contribution in [1.82, 2.24) is 10.2 Å². The molecule has 1 heterocycles. The highest BCUT2D eigenvalue weighted by Gasteiger charge is 2.34. The molecule has 1 unspecified atom stereocenters. The Balaban J connectivity index is 1.39. The number of benzene rings is 3. The number of carbonyl (C=O) groups is 2. The first-order valence-corrected chi connectivity index (χ1v) is 14.0. The normalized spacial score (nSPS) is 16.3. The van der Waals surface area contributed by atoms with Gasteiger partial charge in [-0.05, 0) is 61.6 Å². The van der Waals surface area contributed by atoms with Gasteiger partial charge in [0.15, 0.2) is 0 Å². The number of likely N-dealkylation sites (tertiary alicyclic amines) is 1. The van der Waals surface area contributed by atoms with Gasteiger partial charge in [0.1, 0.15) is 0 Å². The van der Waals surface area contributed by atoms with Crippen molar-refractivity contribution in [3.63, 3.8) is 0 Å². The van der Waals surface area contributed by atoms with E-state index in [1.807, 2.05) is 44.2 Å². The minimum Gasteiger partial charge on any atom is -0.463 e. The minimum absolute atomic E-state index is 0.0340. The van der Waals surface area contributed by atoms with Crippen LogP contribution in [-0.2, 0) is 21.1 Å². The number of hydrogen-bond acceptors (Lipinski definition) is 4. The third-order valence-electron chi connectivity index (χ3n) is 7.56. The van der Waals surface area contributed by atoms with Crippen LogP contribution < -0.4 is 5.32 Å². The van der Waals surface area contributed by atoms with Gasteiger partial charge >= 0.3 is 12.1 Å². The lowest BCUT2D eigenvalue weighted by Crippen LogP contribution is -2.48. The molecule has 218 valence electrons. The Kier molecular flexibility index (Phi) is 9.53. The summed E-state index contributed by atoms with van der Waals surface area (Å²) in [5.74, 6) is -0.468. The van der Waals surface area contributed by atoms with Crippen LogP contribution in [-0.4, -0.2) is 48.6 Å². The molecule has 0 aromatic heterocycles. The molecule has 4 rings (SSSR count). The number of alkyl halides is 3. The number of piperidine rings is 1. The lowest BCUT2D eigenvalue weighted by atomic mass is 9.78. The molecular weight excluding hydrogens is 529 g/mol. The molecule has 3 aromatic rings. The largest absolute Gasteiger partial charge is 0.463 e. The van der Waals surface area contributed by atoms with E-state index < -0.39 is 17.2 Å². The Morgan fingerprint density at radius 2 is 1.51 bits per heavy atom. The summed E-state index contributed by atoms with van der Waals surface area (Å²) in [4.78, 5) is 28.3. The fourth-order valence-corrected chi connectivity index (χ4v) is 5.48. The molecule has 1 saturated heterocycles. The monoisotopic (exact) mass is 566 g/mol. The zero-order valence-corrected chi connectivity index (χ0v) is 23.7. The van der Waals surface area contributed by atoms with E-state index in [1.54, 1.807) is 24.3 Å². The summed E-state index contributed by atoms with van der Waals surface area (Å²) in [6.07, 6.45) is -2.83. The summed E-state index contributed by atoms with van der Waals surface area (Å²) >= 11 is 0. The second-order valence-corrected chi connectivity index (χ2v) is 11.3. The number of nitrogens with one attached hydrogen (secondary N) is 1. The summed E-state index contributed by atoms with van der Waals surface area (Å²) in [5, 5.41) is 3.13. The molecule has 1 aliphatic heterocycles. The minimum atomic E-state index is -4.42. The van der Waals surface area contributed by atoms with Crippen molar-refractivity contribution >= 4 is 11.9 Å². The third kappa shape index (κ3) is 7.97. The van der Waals surface area contributed by atoms with Gasteiger partial charge in [-0.1, -0.05) is 67.6 Å². The van der Waals surface area contributed by atoms with Crippen LogP contribution in [0.3, 0.4) is 0 Å². The van der Waals surface area contributed by atoms with Crippen molar-refractivity contribution in [3.8, 4) is 11.1 Å². The van der Waals surface area contributed by atoms with E-state index in [-0.39, 0.29) is 30.4 Å². The smallest absolute Gasteiger partial charge is 0.416 e. The van der Waals surface area contributed by atoms with Crippen molar-refractivity contribution in [2.75, 3.05) is 19.6 Å². The molecule has 0 radical (unpaired) electrons. The molecule has 1 fully saturated rings. The molecule has 5 nitrogen and oxygen atoms in total. The number of rotatable bonds is 9. The Labute approximate surface area is 239 Å². The summed E-state index contributed by atoms with van der Waals surface area (Å²) in [6.45, 7) is 7.98. The number of halogens is 3. The van der Waals surface area contributed by atoms with E-state index in [0.717, 1.165) is 43.6 Å². The Hall–Kier alpha value is -3.65. The molecule has 0 spiro atoms. The predicted molar refractivity (Wildman–Crippen MR) is 153 cm³/mol. The van der Waals surface area contributed by atoms with Gasteiger partial charge in [0.2, 0.25) is 0 Å². The number of amides is 1. The molecular formula is C33H37F3N2O3. The predicted octanol–water partition coefficient (Wildman–Crippen LogP) is 6.87. The van der Waals surface area contributed by atoms with Gasteiger partial charge in [-0.3, -0.25) is 9.59 Å². The molecule has 1 atom stereocenters. The van der Waals surface area contributed by atoms with Gasteiger partial charge in [-0.25, -0.2) is 0 Å². The third-order valence-corrected chi connectivity index (χ3v) is 7.56. The highest BCUT2D eigenvalue weighted by Crippen LogP contribution is 2.33. The van der Waals surface area contributed by atoms with Gasteiger partial charge < -0.3 is 15.0 Å². The molecule has 1 aliphatic rings. The first kappa shape index (κ1) is 30.3. The number of nitrogens with zero attached hydrogens (tertiary/aromatic N) is 1. The zero-order chi connectivity index (χ0) is 29.6. The SMILES string of the molecule is CC(C)OC(=O)CC(C)(CN1CCC(NC(=O)c2ccccc2-c2ccc(C(F)(F)F)cc2)CC1)c1ccccc1. The van der Waals surface area contributed by atoms with Gasteiger partial charge in [-0.2, -0.15) is 13.2 Å². The van der Waals surface area contributed by atoms with E-state index in [9.17, 15) is 22.8 Å². The van der Waals surface area contributed by atoms with Crippen molar-refractivity contribution in [2.24, 2.45) is 0 Å². The fourth-order valence-electron chi connectivity index (χ4n) is 5.48. The van der Waals surface area contributed by atoms with E-state index in [4.69, 9.17) is 4.74 Å². The molecule has 0 saturated carbocycles. The van der Waals surface area contributed by atoms with Crippen molar-refractivity contribution in [1.29, 1.82) is 0 Å². The maximum Gasteiger partial charge on any atom is 0.416 e. The lowest BCUT2D eigenvalue weighted by Gasteiger charge is -2.39. The van der Waals surface area contributed by atoms with Gasteiger partial charge in [-0.15, -0.1) is 0 Å². The molecule has 41 heavy (non-hydrogen) atoms. The lowest BCUT2D eigenvalue weighted by molar-refractivity contribution is -0.149. The van der Waals surface area contributed by atoms with Crippen LogP contribution in [0.15, 0.2) is 78.9 Å². The maximum atomic E-state index is 13.3. The maximum absolute atomic E-state index is 13.3. The van der Waals surface area contributed by atoms with Crippen LogP contribution in [0.5, 0.6) is 0 Å². The quantitative estimate of drug-likeness (QED) is 0.287. The van der Waals surface area contributed by atoms with Crippen LogP contribution >= 0.6 is 0 Å². The average Bonchev–Trinajstić information content (AvgIpc) is 2.93. The van der Waals surface area contributed by atoms with Crippen LogP contribution in [0.4, 0.5) is 13.2 Å². The highest BCUT2D eigenvalue weighted by atomic mass is 19.4. The summed E-state index contributed by atoms with van der Waals surface area (Å²) < 4.78 is 44.5. The summed E-state index contributed by atoms with van der Waals surface area (Å²) in [7, 11) is 0. The van der Waals surface area contributed by atoms with Crippen LogP contribution in [0.2, 0.25) is 0 Å². The fraction of sp³-hybridized carbons (Fsp3) is 0.394. The van der Waals surface area contributed by atoms with Crippen LogP contribution in [0.1, 0.15) is 61.5 Å². The molecule has 1 amide bonds. The summed E-state index contributed by atoms with van der Waals surface area (Å²) in [5.41, 5.74) is 1.49. The Morgan fingerprint density at radius 3 is 2.12 bits per heavy atom. The molecule has 0 bridgehead atoms. The molecule has 8 heteroatoms. The van der Waals surface area contributed by atoms with Crippen molar-refractivity contribution in [3.05, 3.63) is 95.6 Å². The van der Waals surface area contributed by atoms with E-state index in [0.29, 0.717) is 23.2 Å². The number of carbonyl (C=O) groups excluding carboxylic acids is 2. The second kappa shape index (κ2) is 12.9. The number of esters is 1. The average molecular weight is 567 g/mol. The van der Waals surface area contributed by atoms with Crippen LogP contribution in [0, 0.1) is 0 Å².